The first-order valence-corrected chi connectivity index (χ1v) is 11.4. The lowest BCUT2D eigenvalue weighted by molar-refractivity contribution is 0.422. The average Bonchev–Trinajstić information content (AvgIpc) is 2.62. The number of unbranched alkanes of at least 4 members (excludes halogenated alkanes) is 1. The molecule has 2 nitrogen and oxygen atoms in total. The molecule has 2 heteroatoms. The molecule has 0 aromatic heterocycles. The Balaban J connectivity index is 0.000000311. The van der Waals surface area contributed by atoms with Crippen LogP contribution < -0.4 is 0 Å². The highest BCUT2D eigenvalue weighted by molar-refractivity contribution is 5.49. The van der Waals surface area contributed by atoms with Crippen molar-refractivity contribution < 1.29 is 10.2 Å². The molecule has 0 atom stereocenters. The van der Waals surface area contributed by atoms with Gasteiger partial charge in [-0.1, -0.05) is 91.6 Å². The molecule has 0 radical (unpaired) electrons. The van der Waals surface area contributed by atoms with Crippen LogP contribution >= 0.6 is 0 Å². The Morgan fingerprint density at radius 2 is 1.23 bits per heavy atom. The summed E-state index contributed by atoms with van der Waals surface area (Å²) in [6, 6.07) is 8.39. The van der Waals surface area contributed by atoms with E-state index in [1.807, 2.05) is 13.0 Å². The van der Waals surface area contributed by atoms with Crippen molar-refractivity contribution in [2.45, 2.75) is 106 Å². The highest BCUT2D eigenvalue weighted by Gasteiger charge is 2.26. The molecule has 30 heavy (non-hydrogen) atoms. The van der Waals surface area contributed by atoms with E-state index in [2.05, 4.69) is 80.5 Å². The van der Waals surface area contributed by atoms with Gasteiger partial charge < -0.3 is 10.2 Å². The summed E-state index contributed by atoms with van der Waals surface area (Å²) in [5.74, 6) is 0.959. The van der Waals surface area contributed by atoms with Crippen LogP contribution in [-0.4, -0.2) is 10.2 Å². The molecule has 0 saturated heterocycles. The predicted molar refractivity (Wildman–Crippen MR) is 131 cm³/mol. The number of phenols is 2. The summed E-state index contributed by atoms with van der Waals surface area (Å²) in [4.78, 5) is 0. The highest BCUT2D eigenvalue weighted by atomic mass is 16.3. The summed E-state index contributed by atoms with van der Waals surface area (Å²) < 4.78 is 0. The van der Waals surface area contributed by atoms with Crippen LogP contribution in [0.5, 0.6) is 11.5 Å². The Bertz CT molecular complexity index is 798. The average molecular weight is 413 g/mol. The molecule has 2 N–H and O–H groups in total. The zero-order valence-corrected chi connectivity index (χ0v) is 21.0. The van der Waals surface area contributed by atoms with Gasteiger partial charge in [-0.3, -0.25) is 0 Å². The largest absolute Gasteiger partial charge is 0.507 e. The topological polar surface area (TPSA) is 40.5 Å². The van der Waals surface area contributed by atoms with Crippen molar-refractivity contribution in [1.82, 2.24) is 0 Å². The maximum absolute atomic E-state index is 10.5. The van der Waals surface area contributed by atoms with Crippen LogP contribution in [0, 0.1) is 13.8 Å². The molecule has 0 fully saturated rings. The third-order valence-corrected chi connectivity index (χ3v) is 5.52. The zero-order valence-electron chi connectivity index (χ0n) is 21.0. The normalized spacial score (nSPS) is 11.8. The SMILES string of the molecule is CCCCc1cc(C)cc(C)c1O.CCc1cc(C(C)(C)C)c(O)c(C(C)(C)C)c1. The molecule has 2 rings (SSSR count). The number of hydrogen-bond donors (Lipinski definition) is 2. The molecule has 168 valence electrons. The lowest BCUT2D eigenvalue weighted by Gasteiger charge is -2.28. The molecular formula is C28H44O2. The molecule has 2 aromatic rings. The second-order valence-electron chi connectivity index (χ2n) is 10.6. The van der Waals surface area contributed by atoms with Crippen LogP contribution in [0.4, 0.5) is 0 Å². The lowest BCUT2D eigenvalue weighted by Crippen LogP contribution is -2.17. The van der Waals surface area contributed by atoms with Gasteiger partial charge in [0.2, 0.25) is 0 Å². The number of rotatable bonds is 4. The Hall–Kier alpha value is -1.96. The number of hydrogen-bond acceptors (Lipinski definition) is 2. The number of phenolic OH excluding ortho intramolecular Hbond substituents is 2. The fourth-order valence-corrected chi connectivity index (χ4v) is 3.65. The standard InChI is InChI=1S/C16H26O.C12H18O/c1-8-11-9-12(15(2,3)4)14(17)13(10-11)16(5,6)7;1-4-5-6-11-8-9(2)7-10(3)12(11)13/h9-10,17H,8H2,1-7H3;7-8,13H,4-6H2,1-3H3. The van der Waals surface area contributed by atoms with E-state index in [0.29, 0.717) is 11.5 Å². The van der Waals surface area contributed by atoms with E-state index in [1.54, 1.807) is 0 Å². The van der Waals surface area contributed by atoms with E-state index in [-0.39, 0.29) is 10.8 Å². The van der Waals surface area contributed by atoms with Gasteiger partial charge in [0.1, 0.15) is 11.5 Å². The molecule has 0 bridgehead atoms. The van der Waals surface area contributed by atoms with Crippen molar-refractivity contribution in [3.8, 4) is 11.5 Å². The molecule has 0 spiro atoms. The highest BCUT2D eigenvalue weighted by Crippen LogP contribution is 2.39. The first-order chi connectivity index (χ1) is 13.7. The molecule has 0 aliphatic rings. The van der Waals surface area contributed by atoms with Gasteiger partial charge in [-0.05, 0) is 71.8 Å². The molecular weight excluding hydrogens is 368 g/mol. The number of benzene rings is 2. The molecule has 0 heterocycles. The van der Waals surface area contributed by atoms with E-state index >= 15 is 0 Å². The minimum Gasteiger partial charge on any atom is -0.507 e. The second-order valence-corrected chi connectivity index (χ2v) is 10.6. The summed E-state index contributed by atoms with van der Waals surface area (Å²) in [5.41, 5.74) is 6.71. The van der Waals surface area contributed by atoms with Crippen molar-refractivity contribution in [1.29, 1.82) is 0 Å². The molecule has 2 aromatic carbocycles. The van der Waals surface area contributed by atoms with Crippen LogP contribution in [0.15, 0.2) is 24.3 Å². The molecule has 0 amide bonds. The van der Waals surface area contributed by atoms with Crippen molar-refractivity contribution in [2.24, 2.45) is 0 Å². The first-order valence-electron chi connectivity index (χ1n) is 11.4. The molecule has 0 unspecified atom stereocenters. The third-order valence-electron chi connectivity index (χ3n) is 5.52. The van der Waals surface area contributed by atoms with Gasteiger partial charge in [0.25, 0.3) is 0 Å². The Kier molecular flexibility index (Phi) is 9.02. The Morgan fingerprint density at radius 1 is 0.733 bits per heavy atom. The minimum atomic E-state index is -0.0186. The lowest BCUT2D eigenvalue weighted by atomic mass is 9.78. The molecule has 0 aliphatic heterocycles. The van der Waals surface area contributed by atoms with Crippen molar-refractivity contribution in [3.63, 3.8) is 0 Å². The fraction of sp³-hybridized carbons (Fsp3) is 0.571. The third kappa shape index (κ3) is 7.07. The summed E-state index contributed by atoms with van der Waals surface area (Å²) >= 11 is 0. The van der Waals surface area contributed by atoms with Crippen LogP contribution in [0.3, 0.4) is 0 Å². The van der Waals surface area contributed by atoms with Gasteiger partial charge in [-0.15, -0.1) is 0 Å². The van der Waals surface area contributed by atoms with Crippen molar-refractivity contribution in [3.05, 3.63) is 57.6 Å². The fourth-order valence-electron chi connectivity index (χ4n) is 3.65. The Morgan fingerprint density at radius 3 is 1.63 bits per heavy atom. The number of aromatic hydroxyl groups is 2. The summed E-state index contributed by atoms with van der Waals surface area (Å²) in [5, 5.41) is 20.2. The summed E-state index contributed by atoms with van der Waals surface area (Å²) in [7, 11) is 0. The molecule has 0 saturated carbocycles. The van der Waals surface area contributed by atoms with Gasteiger partial charge in [0.05, 0.1) is 0 Å². The summed E-state index contributed by atoms with van der Waals surface area (Å²) in [6.45, 7) is 21.2. The van der Waals surface area contributed by atoms with Crippen molar-refractivity contribution >= 4 is 0 Å². The van der Waals surface area contributed by atoms with Crippen LogP contribution in [-0.2, 0) is 23.7 Å². The zero-order chi connectivity index (χ0) is 23.3. The van der Waals surface area contributed by atoms with Gasteiger partial charge in [-0.25, -0.2) is 0 Å². The summed E-state index contributed by atoms with van der Waals surface area (Å²) in [6.07, 6.45) is 4.32. The van der Waals surface area contributed by atoms with Gasteiger partial charge in [0, 0.05) is 0 Å². The minimum absolute atomic E-state index is 0.0186. The van der Waals surface area contributed by atoms with Crippen LogP contribution in [0.25, 0.3) is 0 Å². The van der Waals surface area contributed by atoms with Crippen LogP contribution in [0.2, 0.25) is 0 Å². The van der Waals surface area contributed by atoms with Gasteiger partial charge in [0.15, 0.2) is 0 Å². The first kappa shape index (κ1) is 26.1. The molecule has 0 aliphatic carbocycles. The van der Waals surface area contributed by atoms with E-state index in [1.165, 1.54) is 17.5 Å². The van der Waals surface area contributed by atoms with Gasteiger partial charge in [-0.2, -0.15) is 0 Å². The van der Waals surface area contributed by atoms with E-state index < -0.39 is 0 Å². The monoisotopic (exact) mass is 412 g/mol. The van der Waals surface area contributed by atoms with Gasteiger partial charge >= 0.3 is 0 Å². The van der Waals surface area contributed by atoms with E-state index in [9.17, 15) is 10.2 Å². The van der Waals surface area contributed by atoms with Crippen LogP contribution in [0.1, 0.15) is 102 Å². The van der Waals surface area contributed by atoms with E-state index in [4.69, 9.17) is 0 Å². The number of aryl methyl sites for hydroxylation is 4. The maximum Gasteiger partial charge on any atom is 0.123 e. The quantitative estimate of drug-likeness (QED) is 0.536. The predicted octanol–water partition coefficient (Wildman–Crippen LogP) is 7.90. The maximum atomic E-state index is 10.5. The second kappa shape index (κ2) is 10.4. The van der Waals surface area contributed by atoms with E-state index in [0.717, 1.165) is 41.5 Å². The smallest absolute Gasteiger partial charge is 0.123 e. The van der Waals surface area contributed by atoms with Crippen molar-refractivity contribution in [2.75, 3.05) is 0 Å². The Labute approximate surface area is 185 Å².